The van der Waals surface area contributed by atoms with E-state index in [0.29, 0.717) is 32.1 Å². The predicted molar refractivity (Wildman–Crippen MR) is 82.1 cm³/mol. The smallest absolute Gasteiger partial charge is 0.369 e. The summed E-state index contributed by atoms with van der Waals surface area (Å²) in [7, 11) is 0. The molecular formula is C14H16ClF4N5O. The van der Waals surface area contributed by atoms with Crippen molar-refractivity contribution < 1.29 is 22.4 Å². The van der Waals surface area contributed by atoms with Gasteiger partial charge in [0.2, 0.25) is 5.28 Å². The van der Waals surface area contributed by atoms with Crippen LogP contribution >= 0.6 is 11.6 Å². The second-order valence-electron chi connectivity index (χ2n) is 6.05. The highest BCUT2D eigenvalue weighted by molar-refractivity contribution is 6.28. The summed E-state index contributed by atoms with van der Waals surface area (Å²) in [6.45, 7) is 1.12. The van der Waals surface area contributed by atoms with Gasteiger partial charge in [0, 0.05) is 32.3 Å². The number of amides is 2. The molecular weight excluding hydrogens is 366 g/mol. The van der Waals surface area contributed by atoms with Gasteiger partial charge in [0.1, 0.15) is 17.6 Å². The number of urea groups is 1. The minimum atomic E-state index is -4.59. The van der Waals surface area contributed by atoms with Gasteiger partial charge in [-0.25, -0.2) is 19.2 Å². The van der Waals surface area contributed by atoms with E-state index in [1.165, 1.54) is 4.90 Å². The monoisotopic (exact) mass is 381 g/mol. The lowest BCUT2D eigenvalue weighted by atomic mass is 10.2. The Labute approximate surface area is 146 Å². The summed E-state index contributed by atoms with van der Waals surface area (Å²) in [4.78, 5) is 22.1. The number of fused-ring (bicyclic) bond motifs is 1. The van der Waals surface area contributed by atoms with Crippen molar-refractivity contribution in [2.75, 3.05) is 31.5 Å². The number of anilines is 1. The second kappa shape index (κ2) is 6.81. The molecule has 2 aliphatic rings. The van der Waals surface area contributed by atoms with Crippen molar-refractivity contribution in [2.45, 2.75) is 31.2 Å². The third-order valence-corrected chi connectivity index (χ3v) is 4.45. The number of hydrogen-bond donors (Lipinski definition) is 1. The molecule has 0 saturated carbocycles. The molecule has 11 heteroatoms. The fourth-order valence-corrected chi connectivity index (χ4v) is 3.28. The van der Waals surface area contributed by atoms with Crippen LogP contribution < -0.4 is 5.32 Å². The number of carbonyl (C=O) groups is 1. The third kappa shape index (κ3) is 3.88. The lowest BCUT2D eigenvalue weighted by Gasteiger charge is -2.18. The van der Waals surface area contributed by atoms with Gasteiger partial charge in [-0.3, -0.25) is 0 Å². The van der Waals surface area contributed by atoms with E-state index < -0.39 is 17.9 Å². The Hall–Kier alpha value is -1.84. The third-order valence-electron chi connectivity index (χ3n) is 4.27. The molecule has 0 radical (unpaired) electrons. The zero-order valence-corrected chi connectivity index (χ0v) is 13.8. The van der Waals surface area contributed by atoms with Crippen LogP contribution in [0.15, 0.2) is 6.20 Å². The van der Waals surface area contributed by atoms with E-state index in [2.05, 4.69) is 15.3 Å². The quantitative estimate of drug-likeness (QED) is 0.484. The molecule has 0 aromatic carbocycles. The van der Waals surface area contributed by atoms with Gasteiger partial charge in [-0.15, -0.1) is 0 Å². The van der Waals surface area contributed by atoms with E-state index in [0.717, 1.165) is 0 Å². The van der Waals surface area contributed by atoms with Crippen LogP contribution in [0.5, 0.6) is 0 Å². The molecule has 2 saturated heterocycles. The first kappa shape index (κ1) is 18.0. The number of nitrogens with one attached hydrogen (secondary N) is 1. The molecule has 2 atom stereocenters. The Morgan fingerprint density at radius 3 is 2.80 bits per heavy atom. The fourth-order valence-electron chi connectivity index (χ4n) is 3.15. The Balaban J connectivity index is 1.51. The lowest BCUT2D eigenvalue weighted by Crippen LogP contribution is -2.34. The first-order chi connectivity index (χ1) is 11.8. The molecule has 2 fully saturated rings. The average Bonchev–Trinajstić information content (AvgIpc) is 3.01. The van der Waals surface area contributed by atoms with Crippen LogP contribution in [0.25, 0.3) is 0 Å². The number of alkyl halides is 4. The molecule has 6 nitrogen and oxygen atoms in total. The molecule has 138 valence electrons. The Morgan fingerprint density at radius 2 is 2.12 bits per heavy atom. The molecule has 0 bridgehead atoms. The second-order valence-corrected chi connectivity index (χ2v) is 6.39. The summed E-state index contributed by atoms with van der Waals surface area (Å²) in [6, 6.07) is -0.320. The van der Waals surface area contributed by atoms with Gasteiger partial charge in [0.05, 0.1) is 12.6 Å². The lowest BCUT2D eigenvalue weighted by molar-refractivity contribution is -0.137. The van der Waals surface area contributed by atoms with Gasteiger partial charge >= 0.3 is 12.2 Å². The van der Waals surface area contributed by atoms with Crippen LogP contribution in [0.3, 0.4) is 0 Å². The van der Waals surface area contributed by atoms with E-state index in [1.54, 1.807) is 4.90 Å². The van der Waals surface area contributed by atoms with Crippen molar-refractivity contribution in [3.8, 4) is 0 Å². The summed E-state index contributed by atoms with van der Waals surface area (Å²) in [6.07, 6.45) is -4.17. The van der Waals surface area contributed by atoms with Gasteiger partial charge in [0.25, 0.3) is 0 Å². The van der Waals surface area contributed by atoms with Crippen molar-refractivity contribution in [3.05, 3.63) is 17.0 Å². The van der Waals surface area contributed by atoms with Crippen LogP contribution in [0.4, 0.5) is 28.2 Å². The molecule has 1 aromatic rings. The van der Waals surface area contributed by atoms with Crippen LogP contribution in [-0.4, -0.2) is 64.2 Å². The minimum Gasteiger partial charge on any atom is -0.369 e. The molecule has 0 aliphatic carbocycles. The van der Waals surface area contributed by atoms with Crippen LogP contribution in [0.1, 0.15) is 18.4 Å². The molecule has 1 aromatic heterocycles. The van der Waals surface area contributed by atoms with Crippen LogP contribution in [0.2, 0.25) is 5.28 Å². The Morgan fingerprint density at radius 1 is 1.36 bits per heavy atom. The number of rotatable bonds is 5. The minimum absolute atomic E-state index is 0.104. The zero-order valence-electron chi connectivity index (χ0n) is 13.1. The van der Waals surface area contributed by atoms with Gasteiger partial charge in [-0.05, 0) is 18.0 Å². The van der Waals surface area contributed by atoms with Crippen molar-refractivity contribution in [1.82, 2.24) is 19.8 Å². The maximum Gasteiger partial charge on any atom is 0.421 e. The summed E-state index contributed by atoms with van der Waals surface area (Å²) in [5.41, 5.74) is -0.997. The molecule has 2 amide bonds. The first-order valence-electron chi connectivity index (χ1n) is 7.79. The maximum absolute atomic E-state index is 13.3. The van der Waals surface area contributed by atoms with Crippen molar-refractivity contribution >= 4 is 23.4 Å². The standard InChI is InChI=1S/C14H16ClF4N5O/c15-12-21-5-10(14(17,18)19)11(22-12)20-2-1-3-23-7-9-4-8(16)6-24(9)13(23)25/h5,8-9H,1-4,6-7H2,(H,20,21,22)/t8-,9-/m0/s1. The average molecular weight is 382 g/mol. The molecule has 3 rings (SSSR count). The highest BCUT2D eigenvalue weighted by Gasteiger charge is 2.43. The number of hydrogen-bond acceptors (Lipinski definition) is 4. The molecule has 3 heterocycles. The number of carbonyl (C=O) groups excluding carboxylic acids is 1. The SMILES string of the molecule is O=C1N(CCCNc2nc(Cl)ncc2C(F)(F)F)C[C@@H]2C[C@H](F)CN12. The maximum atomic E-state index is 13.3. The van der Waals surface area contributed by atoms with Crippen LogP contribution in [0, 0.1) is 0 Å². The Bertz CT molecular complexity index is 659. The number of halogens is 5. The van der Waals surface area contributed by atoms with E-state index in [1.807, 2.05) is 0 Å². The normalized spacial score (nSPS) is 23.3. The highest BCUT2D eigenvalue weighted by Crippen LogP contribution is 2.33. The molecule has 1 N–H and O–H groups in total. The van der Waals surface area contributed by atoms with E-state index in [9.17, 15) is 22.4 Å². The predicted octanol–water partition coefficient (Wildman–Crippen LogP) is 2.80. The summed E-state index contributed by atoms with van der Waals surface area (Å²) in [5.74, 6) is -0.388. The van der Waals surface area contributed by atoms with E-state index in [-0.39, 0.29) is 36.3 Å². The highest BCUT2D eigenvalue weighted by atomic mass is 35.5. The van der Waals surface area contributed by atoms with Crippen molar-refractivity contribution in [2.24, 2.45) is 0 Å². The number of aromatic nitrogens is 2. The van der Waals surface area contributed by atoms with Crippen molar-refractivity contribution in [3.63, 3.8) is 0 Å². The molecule has 25 heavy (non-hydrogen) atoms. The summed E-state index contributed by atoms with van der Waals surface area (Å²) >= 11 is 5.55. The molecule has 2 aliphatic heterocycles. The van der Waals surface area contributed by atoms with E-state index in [4.69, 9.17) is 11.6 Å². The van der Waals surface area contributed by atoms with Gasteiger partial charge in [-0.2, -0.15) is 13.2 Å². The van der Waals surface area contributed by atoms with Gasteiger partial charge in [0.15, 0.2) is 0 Å². The van der Waals surface area contributed by atoms with E-state index >= 15 is 0 Å². The summed E-state index contributed by atoms with van der Waals surface area (Å²) < 4.78 is 52.0. The largest absolute Gasteiger partial charge is 0.421 e. The topological polar surface area (TPSA) is 61.4 Å². The fraction of sp³-hybridized carbons (Fsp3) is 0.643. The molecule has 0 unspecified atom stereocenters. The Kier molecular flexibility index (Phi) is 4.90. The summed E-state index contributed by atoms with van der Waals surface area (Å²) in [5, 5.41) is 2.30. The van der Waals surface area contributed by atoms with Gasteiger partial charge in [-0.1, -0.05) is 0 Å². The van der Waals surface area contributed by atoms with Crippen LogP contribution in [-0.2, 0) is 6.18 Å². The molecule has 0 spiro atoms. The first-order valence-corrected chi connectivity index (χ1v) is 8.16. The van der Waals surface area contributed by atoms with Gasteiger partial charge < -0.3 is 15.1 Å². The zero-order chi connectivity index (χ0) is 18.2. The number of nitrogens with zero attached hydrogens (tertiary/aromatic N) is 4. The van der Waals surface area contributed by atoms with Crippen molar-refractivity contribution in [1.29, 1.82) is 0 Å².